The standard InChI is InChI=1S/C14H17NO3S2/c1-15(14(18)12-3-2-6-19-12)8-11-7-10(9-20-11)4-5-13(16)17/h4-5,7,9,12H,2-3,6,8H2,1H3,(H,16,17). The van der Waals surface area contributed by atoms with Gasteiger partial charge in [-0.1, -0.05) is 0 Å². The molecule has 1 saturated heterocycles. The van der Waals surface area contributed by atoms with Crippen LogP contribution in [0.4, 0.5) is 0 Å². The molecule has 1 unspecified atom stereocenters. The van der Waals surface area contributed by atoms with E-state index in [0.717, 1.165) is 35.1 Å². The summed E-state index contributed by atoms with van der Waals surface area (Å²) < 4.78 is 0. The Morgan fingerprint density at radius 3 is 3.00 bits per heavy atom. The highest BCUT2D eigenvalue weighted by molar-refractivity contribution is 8.00. The fourth-order valence-corrected chi connectivity index (χ4v) is 4.25. The van der Waals surface area contributed by atoms with Crippen molar-refractivity contribution in [2.24, 2.45) is 0 Å². The maximum atomic E-state index is 12.2. The molecule has 0 spiro atoms. The van der Waals surface area contributed by atoms with Crippen LogP contribution in [0.3, 0.4) is 0 Å². The van der Waals surface area contributed by atoms with E-state index in [1.54, 1.807) is 34.1 Å². The molecule has 1 aliphatic heterocycles. The minimum Gasteiger partial charge on any atom is -0.478 e. The van der Waals surface area contributed by atoms with Crippen LogP contribution in [0.25, 0.3) is 6.08 Å². The van der Waals surface area contributed by atoms with Crippen LogP contribution in [0, 0.1) is 0 Å². The number of carbonyl (C=O) groups is 2. The SMILES string of the molecule is CN(Cc1cc(C=CC(=O)O)cs1)C(=O)C1CCCS1. The van der Waals surface area contributed by atoms with Crippen molar-refractivity contribution in [3.05, 3.63) is 28.0 Å². The van der Waals surface area contributed by atoms with E-state index in [1.807, 2.05) is 18.5 Å². The van der Waals surface area contributed by atoms with E-state index in [-0.39, 0.29) is 11.2 Å². The molecular weight excluding hydrogens is 294 g/mol. The molecule has 1 aromatic heterocycles. The highest BCUT2D eigenvalue weighted by Gasteiger charge is 2.26. The largest absolute Gasteiger partial charge is 0.478 e. The topological polar surface area (TPSA) is 57.6 Å². The minimum atomic E-state index is -0.955. The van der Waals surface area contributed by atoms with Gasteiger partial charge in [0.2, 0.25) is 5.91 Å². The highest BCUT2D eigenvalue weighted by atomic mass is 32.2. The Morgan fingerprint density at radius 2 is 2.35 bits per heavy atom. The van der Waals surface area contributed by atoms with Crippen LogP contribution in [0.5, 0.6) is 0 Å². The van der Waals surface area contributed by atoms with Gasteiger partial charge in [-0.05, 0) is 41.7 Å². The van der Waals surface area contributed by atoms with Gasteiger partial charge in [0.25, 0.3) is 0 Å². The third-order valence-corrected chi connectivity index (χ3v) is 5.37. The molecular formula is C14H17NO3S2. The third-order valence-electron chi connectivity index (χ3n) is 3.07. The van der Waals surface area contributed by atoms with Crippen LogP contribution in [0.1, 0.15) is 23.3 Å². The van der Waals surface area contributed by atoms with Gasteiger partial charge in [-0.25, -0.2) is 4.79 Å². The van der Waals surface area contributed by atoms with Crippen LogP contribution < -0.4 is 0 Å². The molecule has 1 atom stereocenters. The lowest BCUT2D eigenvalue weighted by atomic mass is 10.2. The van der Waals surface area contributed by atoms with Crippen LogP contribution in [0.15, 0.2) is 17.5 Å². The molecule has 1 amide bonds. The zero-order valence-electron chi connectivity index (χ0n) is 11.2. The summed E-state index contributed by atoms with van der Waals surface area (Å²) in [6.07, 6.45) is 4.79. The summed E-state index contributed by atoms with van der Waals surface area (Å²) in [4.78, 5) is 25.5. The van der Waals surface area contributed by atoms with E-state index in [1.165, 1.54) is 0 Å². The smallest absolute Gasteiger partial charge is 0.328 e. The van der Waals surface area contributed by atoms with Crippen LogP contribution in [-0.2, 0) is 16.1 Å². The predicted octanol–water partition coefficient (Wildman–Crippen LogP) is 2.70. The van der Waals surface area contributed by atoms with Crippen molar-refractivity contribution < 1.29 is 14.7 Å². The minimum absolute atomic E-state index is 0.117. The average molecular weight is 311 g/mol. The maximum Gasteiger partial charge on any atom is 0.328 e. The molecule has 0 radical (unpaired) electrons. The molecule has 0 saturated carbocycles. The van der Waals surface area contributed by atoms with E-state index in [4.69, 9.17) is 5.11 Å². The number of carboxylic acid groups (broad SMARTS) is 1. The van der Waals surface area contributed by atoms with Gasteiger partial charge in [-0.2, -0.15) is 0 Å². The summed E-state index contributed by atoms with van der Waals surface area (Å²) in [5.74, 6) is 0.319. The third kappa shape index (κ3) is 4.11. The second kappa shape index (κ2) is 6.95. The Kier molecular flexibility index (Phi) is 5.25. The Hall–Kier alpha value is -1.27. The van der Waals surface area contributed by atoms with Crippen molar-refractivity contribution in [1.82, 2.24) is 4.90 Å². The van der Waals surface area contributed by atoms with E-state index < -0.39 is 5.97 Å². The highest BCUT2D eigenvalue weighted by Crippen LogP contribution is 2.28. The number of nitrogens with zero attached hydrogens (tertiary/aromatic N) is 1. The molecule has 4 nitrogen and oxygen atoms in total. The Labute approximate surface area is 126 Å². The number of hydrogen-bond acceptors (Lipinski definition) is 4. The average Bonchev–Trinajstić information content (AvgIpc) is 3.06. The lowest BCUT2D eigenvalue weighted by molar-refractivity contribution is -0.131. The molecule has 108 valence electrons. The van der Waals surface area contributed by atoms with Crippen molar-refractivity contribution in [2.75, 3.05) is 12.8 Å². The van der Waals surface area contributed by atoms with Crippen molar-refractivity contribution in [2.45, 2.75) is 24.6 Å². The van der Waals surface area contributed by atoms with Crippen molar-refractivity contribution in [3.63, 3.8) is 0 Å². The van der Waals surface area contributed by atoms with E-state index in [9.17, 15) is 9.59 Å². The first-order valence-corrected chi connectivity index (χ1v) is 8.34. The quantitative estimate of drug-likeness (QED) is 0.850. The van der Waals surface area contributed by atoms with Crippen LogP contribution in [-0.4, -0.2) is 39.9 Å². The second-order valence-electron chi connectivity index (χ2n) is 4.71. The van der Waals surface area contributed by atoms with Crippen molar-refractivity contribution >= 4 is 41.1 Å². The molecule has 2 rings (SSSR count). The predicted molar refractivity (Wildman–Crippen MR) is 82.9 cm³/mol. The number of hydrogen-bond donors (Lipinski definition) is 1. The van der Waals surface area contributed by atoms with E-state index in [2.05, 4.69) is 0 Å². The lowest BCUT2D eigenvalue weighted by Crippen LogP contribution is -2.32. The summed E-state index contributed by atoms with van der Waals surface area (Å²) in [6, 6.07) is 1.93. The van der Waals surface area contributed by atoms with Crippen LogP contribution in [0.2, 0.25) is 0 Å². The number of rotatable bonds is 5. The van der Waals surface area contributed by atoms with E-state index in [0.29, 0.717) is 6.54 Å². The monoisotopic (exact) mass is 311 g/mol. The van der Waals surface area contributed by atoms with Gasteiger partial charge in [0.05, 0.1) is 11.8 Å². The molecule has 1 N–H and O–H groups in total. The summed E-state index contributed by atoms with van der Waals surface area (Å²) in [5, 5.41) is 10.6. The molecule has 1 aromatic rings. The normalized spacial score (nSPS) is 18.6. The van der Waals surface area contributed by atoms with Crippen molar-refractivity contribution in [1.29, 1.82) is 0 Å². The fourth-order valence-electron chi connectivity index (χ4n) is 2.07. The maximum absolute atomic E-state index is 12.2. The van der Waals surface area contributed by atoms with Gasteiger partial charge >= 0.3 is 5.97 Å². The van der Waals surface area contributed by atoms with Gasteiger partial charge in [0.1, 0.15) is 0 Å². The molecule has 1 fully saturated rings. The zero-order chi connectivity index (χ0) is 14.5. The number of carbonyl (C=O) groups excluding carboxylic acids is 1. The molecule has 0 aliphatic carbocycles. The number of aliphatic carboxylic acids is 1. The van der Waals surface area contributed by atoms with Gasteiger partial charge in [0.15, 0.2) is 0 Å². The molecule has 0 bridgehead atoms. The van der Waals surface area contributed by atoms with Crippen molar-refractivity contribution in [3.8, 4) is 0 Å². The first-order chi connectivity index (χ1) is 9.56. The van der Waals surface area contributed by atoms with Gasteiger partial charge in [-0.15, -0.1) is 23.1 Å². The number of amides is 1. The summed E-state index contributed by atoms with van der Waals surface area (Å²) in [5.41, 5.74) is 0.864. The number of thiophene rings is 1. The zero-order valence-corrected chi connectivity index (χ0v) is 12.9. The lowest BCUT2D eigenvalue weighted by Gasteiger charge is -2.19. The molecule has 6 heteroatoms. The molecule has 0 aromatic carbocycles. The van der Waals surface area contributed by atoms with E-state index >= 15 is 0 Å². The first-order valence-electron chi connectivity index (χ1n) is 6.41. The second-order valence-corrected chi connectivity index (χ2v) is 7.02. The summed E-state index contributed by atoms with van der Waals surface area (Å²) in [7, 11) is 1.83. The van der Waals surface area contributed by atoms with Gasteiger partial charge in [0, 0.05) is 18.0 Å². The Bertz CT molecular complexity index is 518. The number of thioether (sulfide) groups is 1. The van der Waals surface area contributed by atoms with Gasteiger partial charge < -0.3 is 10.0 Å². The molecule has 20 heavy (non-hydrogen) atoms. The Balaban J connectivity index is 1.92. The molecule has 1 aliphatic rings. The summed E-state index contributed by atoms with van der Waals surface area (Å²) >= 11 is 3.29. The molecule has 2 heterocycles. The summed E-state index contributed by atoms with van der Waals surface area (Å²) in [6.45, 7) is 0.585. The number of carboxylic acids is 1. The first kappa shape index (κ1) is 15.1. The fraction of sp³-hybridized carbons (Fsp3) is 0.429. The van der Waals surface area contributed by atoms with Crippen LogP contribution >= 0.6 is 23.1 Å². The Morgan fingerprint density at radius 1 is 1.55 bits per heavy atom. The van der Waals surface area contributed by atoms with Gasteiger partial charge in [-0.3, -0.25) is 4.79 Å².